The molecule has 3 N–H and O–H groups in total. The summed E-state index contributed by atoms with van der Waals surface area (Å²) in [5.41, 5.74) is 6.63. The second-order valence-corrected chi connectivity index (χ2v) is 2.12. The topological polar surface area (TPSA) is 67.6 Å². The highest BCUT2D eigenvalue weighted by atomic mass is 15.3. The van der Waals surface area contributed by atoms with Gasteiger partial charge < -0.3 is 5.73 Å². The number of benzene rings is 1. The number of nitrogens with one attached hydrogen (secondary N) is 1. The van der Waals surface area contributed by atoms with E-state index in [0.717, 1.165) is 11.0 Å². The van der Waals surface area contributed by atoms with Gasteiger partial charge in [-0.2, -0.15) is 0 Å². The first-order valence-electron chi connectivity index (χ1n) is 3.63. The summed E-state index contributed by atoms with van der Waals surface area (Å²) in [6, 6.07) is 7.74. The van der Waals surface area contributed by atoms with Crippen LogP contribution in [0.1, 0.15) is 0 Å². The first-order valence-corrected chi connectivity index (χ1v) is 3.63. The van der Waals surface area contributed by atoms with Gasteiger partial charge in [0.05, 0.1) is 5.52 Å². The number of aromatic amines is 1. The fourth-order valence-corrected chi connectivity index (χ4v) is 0.788. The number of nitrogens with zero attached hydrogens (tertiary/aromatic N) is 2. The third kappa shape index (κ3) is 2.03. The molecule has 0 saturated carbocycles. The Kier molecular flexibility index (Phi) is 3.22. The molecule has 0 aliphatic heterocycles. The van der Waals surface area contributed by atoms with Crippen molar-refractivity contribution in [3.63, 3.8) is 0 Å². The molecule has 4 heteroatoms. The highest BCUT2D eigenvalue weighted by molar-refractivity contribution is 5.72. The van der Waals surface area contributed by atoms with Crippen LogP contribution < -0.4 is 5.73 Å². The van der Waals surface area contributed by atoms with Gasteiger partial charge in [0.2, 0.25) is 0 Å². The molecular formula is C8H11N4. The lowest BCUT2D eigenvalue weighted by Crippen LogP contribution is -1.88. The Bertz CT molecular complexity index is 298. The van der Waals surface area contributed by atoms with E-state index in [1.165, 1.54) is 0 Å². The summed E-state index contributed by atoms with van der Waals surface area (Å²) < 4.78 is 0. The molecule has 0 aliphatic rings. The number of hydrogen-bond donors (Lipinski definition) is 2. The van der Waals surface area contributed by atoms with Crippen LogP contribution in [-0.4, -0.2) is 22.0 Å². The van der Waals surface area contributed by atoms with E-state index in [0.29, 0.717) is 6.54 Å². The van der Waals surface area contributed by atoms with E-state index in [9.17, 15) is 0 Å². The lowest BCUT2D eigenvalue weighted by atomic mass is 10.3. The molecule has 0 unspecified atom stereocenters. The van der Waals surface area contributed by atoms with E-state index in [4.69, 9.17) is 5.73 Å². The fraction of sp³-hybridized carbons (Fsp3) is 0.125. The molecule has 0 atom stereocenters. The van der Waals surface area contributed by atoms with E-state index < -0.39 is 0 Å². The van der Waals surface area contributed by atoms with Gasteiger partial charge in [0.1, 0.15) is 5.52 Å². The van der Waals surface area contributed by atoms with Gasteiger partial charge in [0, 0.05) is 0 Å². The molecular weight excluding hydrogens is 152 g/mol. The van der Waals surface area contributed by atoms with Gasteiger partial charge in [0.15, 0.2) is 0 Å². The van der Waals surface area contributed by atoms with Crippen molar-refractivity contribution < 1.29 is 0 Å². The maximum Gasteiger partial charge on any atom is 0.112 e. The molecule has 1 radical (unpaired) electrons. The van der Waals surface area contributed by atoms with Gasteiger partial charge in [-0.3, -0.25) is 5.10 Å². The molecule has 2 rings (SSSR count). The molecule has 4 nitrogen and oxygen atoms in total. The summed E-state index contributed by atoms with van der Waals surface area (Å²) in [4.78, 5) is 0. The number of aromatic nitrogens is 3. The molecule has 12 heavy (non-hydrogen) atoms. The van der Waals surface area contributed by atoms with Crippen molar-refractivity contribution in [1.82, 2.24) is 15.4 Å². The molecule has 0 amide bonds. The molecule has 1 heterocycles. The molecule has 0 bridgehead atoms. The van der Waals surface area contributed by atoms with Gasteiger partial charge in [-0.05, 0) is 25.6 Å². The monoisotopic (exact) mass is 163 g/mol. The zero-order chi connectivity index (χ0) is 8.81. The Morgan fingerprint density at radius 2 is 2.08 bits per heavy atom. The Labute approximate surface area is 70.8 Å². The Hall–Kier alpha value is -1.42. The standard InChI is InChI=1S/C6H5N3.C2H6N/c1-2-4-6-5(3-1)7-9-8-6;1-2-3/h1-4H,(H,7,8,9);1-3H2. The Balaban J connectivity index is 0.000000213. The van der Waals surface area contributed by atoms with E-state index >= 15 is 0 Å². The van der Waals surface area contributed by atoms with Crippen LogP contribution >= 0.6 is 0 Å². The van der Waals surface area contributed by atoms with Crippen LogP contribution in [0.4, 0.5) is 0 Å². The minimum absolute atomic E-state index is 0.500. The summed E-state index contributed by atoms with van der Waals surface area (Å²) in [7, 11) is 0. The maximum atomic E-state index is 4.74. The third-order valence-corrected chi connectivity index (χ3v) is 1.23. The van der Waals surface area contributed by atoms with Crippen LogP contribution in [0.5, 0.6) is 0 Å². The summed E-state index contributed by atoms with van der Waals surface area (Å²) >= 11 is 0. The lowest BCUT2D eigenvalue weighted by molar-refractivity contribution is 0.959. The number of H-pyrrole nitrogens is 1. The minimum Gasteiger partial charge on any atom is -0.330 e. The van der Waals surface area contributed by atoms with Gasteiger partial charge in [-0.15, -0.1) is 5.10 Å². The molecule has 2 aromatic rings. The van der Waals surface area contributed by atoms with Gasteiger partial charge in [0.25, 0.3) is 0 Å². The van der Waals surface area contributed by atoms with Crippen molar-refractivity contribution in [2.45, 2.75) is 0 Å². The SMILES string of the molecule is [CH2]CN.c1ccc2[nH]nnc2c1. The Morgan fingerprint density at radius 3 is 2.75 bits per heavy atom. The molecule has 0 fully saturated rings. The Morgan fingerprint density at radius 1 is 1.42 bits per heavy atom. The van der Waals surface area contributed by atoms with E-state index in [1.807, 2.05) is 24.3 Å². The molecule has 63 valence electrons. The van der Waals surface area contributed by atoms with Crippen molar-refractivity contribution in [2.75, 3.05) is 6.54 Å². The zero-order valence-corrected chi connectivity index (χ0v) is 6.70. The number of nitrogens with two attached hydrogens (primary N) is 1. The van der Waals surface area contributed by atoms with Crippen LogP contribution in [0, 0.1) is 6.92 Å². The molecule has 0 saturated heterocycles. The van der Waals surface area contributed by atoms with Gasteiger partial charge >= 0.3 is 0 Å². The summed E-state index contributed by atoms with van der Waals surface area (Å²) in [6.45, 7) is 3.76. The summed E-state index contributed by atoms with van der Waals surface area (Å²) in [5.74, 6) is 0. The maximum absolute atomic E-state index is 4.74. The molecule has 1 aromatic heterocycles. The van der Waals surface area contributed by atoms with Crippen LogP contribution in [0.15, 0.2) is 24.3 Å². The van der Waals surface area contributed by atoms with E-state index in [-0.39, 0.29) is 0 Å². The molecule has 0 aliphatic carbocycles. The van der Waals surface area contributed by atoms with Crippen LogP contribution in [-0.2, 0) is 0 Å². The van der Waals surface area contributed by atoms with Gasteiger partial charge in [-0.1, -0.05) is 17.3 Å². The number of hydrogen-bond acceptors (Lipinski definition) is 3. The number of fused-ring (bicyclic) bond motifs is 1. The van der Waals surface area contributed by atoms with E-state index in [2.05, 4.69) is 22.3 Å². The highest BCUT2D eigenvalue weighted by Gasteiger charge is 1.90. The summed E-state index contributed by atoms with van der Waals surface area (Å²) in [6.07, 6.45) is 0. The second kappa shape index (κ2) is 4.46. The zero-order valence-electron chi connectivity index (χ0n) is 6.70. The fourth-order valence-electron chi connectivity index (χ4n) is 0.788. The van der Waals surface area contributed by atoms with Crippen LogP contribution in [0.3, 0.4) is 0 Å². The lowest BCUT2D eigenvalue weighted by Gasteiger charge is -1.79. The van der Waals surface area contributed by atoms with Gasteiger partial charge in [-0.25, -0.2) is 0 Å². The number of para-hydroxylation sites is 1. The average molecular weight is 163 g/mol. The predicted molar refractivity (Wildman–Crippen MR) is 48.3 cm³/mol. The molecule has 0 spiro atoms. The first-order chi connectivity index (χ1) is 5.88. The van der Waals surface area contributed by atoms with Crippen LogP contribution in [0.2, 0.25) is 0 Å². The third-order valence-electron chi connectivity index (χ3n) is 1.23. The smallest absolute Gasteiger partial charge is 0.112 e. The minimum atomic E-state index is 0.500. The second-order valence-electron chi connectivity index (χ2n) is 2.12. The van der Waals surface area contributed by atoms with Crippen LogP contribution in [0.25, 0.3) is 11.0 Å². The summed E-state index contributed by atoms with van der Waals surface area (Å²) in [5, 5.41) is 10.2. The highest BCUT2D eigenvalue weighted by Crippen LogP contribution is 2.03. The quantitative estimate of drug-likeness (QED) is 0.601. The average Bonchev–Trinajstić information content (AvgIpc) is 2.52. The van der Waals surface area contributed by atoms with E-state index in [1.54, 1.807) is 0 Å². The predicted octanol–water partition coefficient (Wildman–Crippen LogP) is 0.737. The first kappa shape index (κ1) is 8.67. The van der Waals surface area contributed by atoms with Crippen molar-refractivity contribution in [3.8, 4) is 0 Å². The van der Waals surface area contributed by atoms with Crippen molar-refractivity contribution in [3.05, 3.63) is 31.2 Å². The normalized spacial score (nSPS) is 9.17. The largest absolute Gasteiger partial charge is 0.330 e. The van der Waals surface area contributed by atoms with Crippen molar-refractivity contribution in [1.29, 1.82) is 0 Å². The molecule has 1 aromatic carbocycles. The van der Waals surface area contributed by atoms with Crippen molar-refractivity contribution >= 4 is 11.0 Å². The number of rotatable bonds is 0. The van der Waals surface area contributed by atoms with Crippen molar-refractivity contribution in [2.24, 2.45) is 5.73 Å².